The minimum Gasteiger partial charge on any atom is -0.508 e. The maximum Gasteiger partial charge on any atom is 0.336 e. The summed E-state index contributed by atoms with van der Waals surface area (Å²) in [5, 5.41) is 12.3. The van der Waals surface area contributed by atoms with Gasteiger partial charge in [-0.25, -0.2) is 9.79 Å². The molecule has 6 nitrogen and oxygen atoms in total. The fourth-order valence-electron chi connectivity index (χ4n) is 1.87. The first-order chi connectivity index (χ1) is 9.04. The van der Waals surface area contributed by atoms with Crippen LogP contribution in [-0.4, -0.2) is 21.8 Å². The van der Waals surface area contributed by atoms with Crippen LogP contribution in [0.1, 0.15) is 5.56 Å². The third-order valence-corrected chi connectivity index (χ3v) is 2.83. The Kier molecular flexibility index (Phi) is 2.42. The van der Waals surface area contributed by atoms with Crippen LogP contribution in [0.25, 0.3) is 11.0 Å². The fraction of sp³-hybridized carbons (Fsp3) is 0. The molecule has 2 aromatic rings. The molecule has 0 unspecified atom stereocenters. The zero-order chi connectivity index (χ0) is 13.6. The summed E-state index contributed by atoms with van der Waals surface area (Å²) in [6.45, 7) is 0. The molecule has 94 valence electrons. The Morgan fingerprint density at radius 3 is 2.74 bits per heavy atom. The summed E-state index contributed by atoms with van der Waals surface area (Å²) in [6, 6.07) is 5.44. The summed E-state index contributed by atoms with van der Waals surface area (Å²) in [5.41, 5.74) is -0.0746. The lowest BCUT2D eigenvalue weighted by Crippen LogP contribution is -2.26. The Bertz CT molecular complexity index is 822. The average molecular weight is 274 g/mol. The van der Waals surface area contributed by atoms with E-state index < -0.39 is 11.5 Å². The van der Waals surface area contributed by atoms with Gasteiger partial charge < -0.3 is 9.52 Å². The van der Waals surface area contributed by atoms with Gasteiger partial charge in [0, 0.05) is 23.1 Å². The monoisotopic (exact) mass is 274 g/mol. The third kappa shape index (κ3) is 1.89. The number of hydrogen-bond donors (Lipinski definition) is 2. The van der Waals surface area contributed by atoms with Crippen molar-refractivity contribution in [2.45, 2.75) is 0 Å². The molecule has 0 saturated heterocycles. The van der Waals surface area contributed by atoms with Crippen molar-refractivity contribution in [1.29, 1.82) is 0 Å². The largest absolute Gasteiger partial charge is 0.508 e. The first-order valence-electron chi connectivity index (χ1n) is 5.26. The molecular formula is C12H6N2O4S. The molecule has 0 saturated carbocycles. The van der Waals surface area contributed by atoms with Gasteiger partial charge in [0.15, 0.2) is 0 Å². The number of rotatable bonds is 1. The number of aromatic hydroxyl groups is 1. The predicted molar refractivity (Wildman–Crippen MR) is 71.4 cm³/mol. The fourth-order valence-corrected chi connectivity index (χ4v) is 2.05. The van der Waals surface area contributed by atoms with Crippen LogP contribution in [0.4, 0.5) is 0 Å². The zero-order valence-electron chi connectivity index (χ0n) is 9.34. The van der Waals surface area contributed by atoms with Crippen molar-refractivity contribution in [3.05, 3.63) is 40.2 Å². The number of nitrogens with zero attached hydrogens (tertiary/aromatic N) is 1. The van der Waals surface area contributed by atoms with Crippen LogP contribution in [0, 0.1) is 0 Å². The molecule has 0 radical (unpaired) electrons. The Morgan fingerprint density at radius 1 is 1.26 bits per heavy atom. The molecule has 19 heavy (non-hydrogen) atoms. The standard InChI is InChI=1S/C12H6N2O4S/c15-5-1-2-6-7(4-9(16)18-8(6)3-5)10-11(17)14-12(19)13-10/h1-4,15H,(H,14,17,19). The van der Waals surface area contributed by atoms with E-state index in [1.165, 1.54) is 18.2 Å². The second kappa shape index (κ2) is 3.99. The minimum atomic E-state index is -0.638. The lowest BCUT2D eigenvalue weighted by Gasteiger charge is -2.03. The predicted octanol–water partition coefficient (Wildman–Crippen LogP) is 0.702. The number of carbonyl (C=O) groups excluding carboxylic acids is 1. The SMILES string of the molecule is O=C1NC(=S)N=C1c1cc(=O)oc2cc(O)ccc12. The molecule has 7 heteroatoms. The number of hydrogen-bond acceptors (Lipinski definition) is 5. The van der Waals surface area contributed by atoms with Crippen molar-refractivity contribution in [2.24, 2.45) is 4.99 Å². The van der Waals surface area contributed by atoms with Gasteiger partial charge in [-0.05, 0) is 24.4 Å². The lowest BCUT2D eigenvalue weighted by atomic mass is 10.1. The van der Waals surface area contributed by atoms with E-state index in [1.54, 1.807) is 6.07 Å². The van der Waals surface area contributed by atoms with Crippen molar-refractivity contribution in [3.8, 4) is 5.75 Å². The number of aliphatic imine (C=N–C) groups is 1. The Labute approximate surface area is 111 Å². The molecule has 0 bridgehead atoms. The van der Waals surface area contributed by atoms with E-state index in [2.05, 4.69) is 10.3 Å². The van der Waals surface area contributed by atoms with Crippen molar-refractivity contribution < 1.29 is 14.3 Å². The first-order valence-corrected chi connectivity index (χ1v) is 5.67. The molecule has 1 aromatic heterocycles. The van der Waals surface area contributed by atoms with Crippen LogP contribution in [0.3, 0.4) is 0 Å². The highest BCUT2D eigenvalue weighted by Gasteiger charge is 2.24. The summed E-state index contributed by atoms with van der Waals surface area (Å²) < 4.78 is 4.97. The van der Waals surface area contributed by atoms with Gasteiger partial charge >= 0.3 is 5.63 Å². The molecule has 0 aliphatic carbocycles. The molecular weight excluding hydrogens is 268 g/mol. The number of amides is 1. The second-order valence-electron chi connectivity index (χ2n) is 3.88. The van der Waals surface area contributed by atoms with E-state index in [-0.39, 0.29) is 22.2 Å². The number of benzene rings is 1. The molecule has 1 amide bonds. The third-order valence-electron chi connectivity index (χ3n) is 2.63. The van der Waals surface area contributed by atoms with Crippen molar-refractivity contribution in [3.63, 3.8) is 0 Å². The van der Waals surface area contributed by atoms with Crippen molar-refractivity contribution in [2.75, 3.05) is 0 Å². The maximum atomic E-state index is 11.7. The van der Waals surface area contributed by atoms with Gasteiger partial charge in [0.1, 0.15) is 17.0 Å². The van der Waals surface area contributed by atoms with E-state index >= 15 is 0 Å². The smallest absolute Gasteiger partial charge is 0.336 e. The van der Waals surface area contributed by atoms with Gasteiger partial charge in [0.05, 0.1) is 0 Å². The van der Waals surface area contributed by atoms with Crippen LogP contribution < -0.4 is 10.9 Å². The highest BCUT2D eigenvalue weighted by Crippen LogP contribution is 2.23. The normalized spacial score (nSPS) is 14.6. The van der Waals surface area contributed by atoms with Gasteiger partial charge in [0.2, 0.25) is 5.11 Å². The van der Waals surface area contributed by atoms with Gasteiger partial charge in [-0.1, -0.05) is 0 Å². The summed E-state index contributed by atoms with van der Waals surface area (Å²) >= 11 is 4.79. The molecule has 1 aliphatic heterocycles. The van der Waals surface area contributed by atoms with E-state index in [9.17, 15) is 14.7 Å². The summed E-state index contributed by atoms with van der Waals surface area (Å²) in [4.78, 5) is 27.1. The molecule has 1 aromatic carbocycles. The molecule has 0 atom stereocenters. The molecule has 3 rings (SSSR count). The van der Waals surface area contributed by atoms with E-state index in [0.29, 0.717) is 10.9 Å². The van der Waals surface area contributed by atoms with Crippen LogP contribution >= 0.6 is 12.2 Å². The quantitative estimate of drug-likeness (QED) is 0.590. The second-order valence-corrected chi connectivity index (χ2v) is 4.27. The van der Waals surface area contributed by atoms with Crippen LogP contribution in [-0.2, 0) is 4.79 Å². The van der Waals surface area contributed by atoms with Gasteiger partial charge in [-0.2, -0.15) is 0 Å². The zero-order valence-corrected chi connectivity index (χ0v) is 10.2. The van der Waals surface area contributed by atoms with Crippen molar-refractivity contribution >= 4 is 39.9 Å². The van der Waals surface area contributed by atoms with E-state index in [1.807, 2.05) is 0 Å². The number of phenolic OH excluding ortho intramolecular Hbond substituents is 1. The topological polar surface area (TPSA) is 91.9 Å². The summed E-state index contributed by atoms with van der Waals surface area (Å²) in [6.07, 6.45) is 0. The number of nitrogens with one attached hydrogen (secondary N) is 1. The van der Waals surface area contributed by atoms with Gasteiger partial charge in [0.25, 0.3) is 5.91 Å². The van der Waals surface area contributed by atoms with Gasteiger partial charge in [-0.15, -0.1) is 0 Å². The summed E-state index contributed by atoms with van der Waals surface area (Å²) in [7, 11) is 0. The lowest BCUT2D eigenvalue weighted by molar-refractivity contribution is -0.113. The number of fused-ring (bicyclic) bond motifs is 1. The molecule has 1 aliphatic rings. The van der Waals surface area contributed by atoms with E-state index in [0.717, 1.165) is 0 Å². The number of thiocarbonyl (C=S) groups is 1. The van der Waals surface area contributed by atoms with Crippen LogP contribution in [0.2, 0.25) is 0 Å². The summed E-state index contributed by atoms with van der Waals surface area (Å²) in [5.74, 6) is -0.508. The van der Waals surface area contributed by atoms with Crippen molar-refractivity contribution in [1.82, 2.24) is 5.32 Å². The molecule has 2 N–H and O–H groups in total. The Balaban J connectivity index is 2.35. The average Bonchev–Trinajstić information content (AvgIpc) is 2.66. The Hall–Kier alpha value is -2.54. The number of carbonyl (C=O) groups is 1. The van der Waals surface area contributed by atoms with Crippen LogP contribution in [0.15, 0.2) is 38.5 Å². The first kappa shape index (κ1) is 11.5. The highest BCUT2D eigenvalue weighted by atomic mass is 32.1. The maximum absolute atomic E-state index is 11.7. The number of phenols is 1. The van der Waals surface area contributed by atoms with Gasteiger partial charge in [-0.3, -0.25) is 10.1 Å². The van der Waals surface area contributed by atoms with Crippen LogP contribution in [0.5, 0.6) is 5.75 Å². The highest BCUT2D eigenvalue weighted by molar-refractivity contribution is 7.80. The molecule has 0 spiro atoms. The molecule has 2 heterocycles. The van der Waals surface area contributed by atoms with E-state index in [4.69, 9.17) is 16.6 Å². The molecule has 0 fully saturated rings. The Morgan fingerprint density at radius 2 is 2.05 bits per heavy atom. The minimum absolute atomic E-state index is 0.0406.